The van der Waals surface area contributed by atoms with Gasteiger partial charge in [-0.15, -0.1) is 0 Å². The van der Waals surface area contributed by atoms with Crippen LogP contribution in [0.1, 0.15) is 48.5 Å². The minimum atomic E-state index is -1.69. The lowest BCUT2D eigenvalue weighted by Gasteiger charge is -2.45. The van der Waals surface area contributed by atoms with E-state index in [0.29, 0.717) is 0 Å². The van der Waals surface area contributed by atoms with Crippen LogP contribution in [0.25, 0.3) is 0 Å². The molecular formula is C26H51NO24. The summed E-state index contributed by atoms with van der Waals surface area (Å²) in [6, 6.07) is 0. The molecule has 0 aliphatic carbocycles. The Labute approximate surface area is 290 Å². The molecule has 0 aromatic rings. The van der Waals surface area contributed by atoms with Gasteiger partial charge in [-0.3, -0.25) is 33.6 Å². The van der Waals surface area contributed by atoms with E-state index in [9.17, 15) is 30.6 Å². The molecule has 2 aliphatic rings. The summed E-state index contributed by atoms with van der Waals surface area (Å²) in [5.74, 6) is -5.83. The Morgan fingerprint density at radius 3 is 1.00 bits per heavy atom. The molecule has 51 heavy (non-hydrogen) atoms. The number of ether oxygens (including phenoxy) is 3. The van der Waals surface area contributed by atoms with Crippen molar-refractivity contribution in [1.29, 1.82) is 0 Å². The largest absolute Gasteiger partial charge is 0.481 e. The van der Waals surface area contributed by atoms with E-state index in [1.54, 1.807) is 0 Å². The highest BCUT2D eigenvalue weighted by molar-refractivity contribution is 5.64. The molecule has 0 aromatic heterocycles. The highest BCUT2D eigenvalue weighted by atomic mass is 16.7. The molecule has 0 unspecified atom stereocenters. The van der Waals surface area contributed by atoms with Crippen LogP contribution < -0.4 is 5.73 Å². The number of hydrogen-bond donors (Lipinski definition) is 15. The lowest BCUT2D eigenvalue weighted by atomic mass is 9.96. The van der Waals surface area contributed by atoms with Crippen molar-refractivity contribution in [3.63, 3.8) is 0 Å². The van der Waals surface area contributed by atoms with Crippen molar-refractivity contribution >= 4 is 41.8 Å². The molecule has 0 amide bonds. The number of aliphatic carboxylic acids is 7. The summed E-state index contributed by atoms with van der Waals surface area (Å²) in [4.78, 5) is 63.0. The third-order valence-corrected chi connectivity index (χ3v) is 4.04. The maximum atomic E-state index is 10.0. The van der Waals surface area contributed by atoms with E-state index in [1.807, 2.05) is 0 Å². The van der Waals surface area contributed by atoms with Gasteiger partial charge >= 0.3 is 0 Å². The summed E-state index contributed by atoms with van der Waals surface area (Å²) in [6.07, 6.45) is -14.4. The number of rotatable bonds is 4. The summed E-state index contributed by atoms with van der Waals surface area (Å²) >= 11 is 0. The first-order valence-corrected chi connectivity index (χ1v) is 13.6. The first-order valence-electron chi connectivity index (χ1n) is 13.6. The summed E-state index contributed by atoms with van der Waals surface area (Å²) in [7, 11) is 0. The number of aliphatic hydroxyl groups excluding tert-OH is 7. The van der Waals surface area contributed by atoms with Crippen molar-refractivity contribution in [2.75, 3.05) is 13.2 Å². The monoisotopic (exact) mass is 761 g/mol. The minimum Gasteiger partial charge on any atom is -0.481 e. The fraction of sp³-hybridized carbons (Fsp3) is 0.731. The smallest absolute Gasteiger partial charge is 0.300 e. The normalized spacial score (nSPS) is 26.7. The first-order chi connectivity index (χ1) is 22.9. The Morgan fingerprint density at radius 1 is 0.471 bits per heavy atom. The molecule has 25 nitrogen and oxygen atoms in total. The molecule has 25 heteroatoms. The second-order valence-electron chi connectivity index (χ2n) is 9.23. The van der Waals surface area contributed by atoms with E-state index in [4.69, 9.17) is 94.4 Å². The van der Waals surface area contributed by atoms with Crippen LogP contribution in [-0.2, 0) is 47.8 Å². The molecule has 16 N–H and O–H groups in total. The van der Waals surface area contributed by atoms with Crippen LogP contribution in [0.5, 0.6) is 0 Å². The van der Waals surface area contributed by atoms with Gasteiger partial charge in [0.1, 0.15) is 55.1 Å². The topological polar surface area (TPSA) is 456 Å². The number of carboxylic acid groups (broad SMARTS) is 7. The summed E-state index contributed by atoms with van der Waals surface area (Å²) < 4.78 is 15.6. The Balaban J connectivity index is -0.000000147. The second-order valence-corrected chi connectivity index (χ2v) is 9.23. The summed E-state index contributed by atoms with van der Waals surface area (Å²) in [5, 5.41) is 119. The third kappa shape index (κ3) is 45.9. The van der Waals surface area contributed by atoms with Gasteiger partial charge in [0.25, 0.3) is 41.8 Å². The van der Waals surface area contributed by atoms with Gasteiger partial charge in [-0.2, -0.15) is 0 Å². The highest BCUT2D eigenvalue weighted by Gasteiger charge is 2.49. The highest BCUT2D eigenvalue weighted by Crippen LogP contribution is 2.28. The average Bonchev–Trinajstić information content (AvgIpc) is 2.91. The van der Waals surface area contributed by atoms with E-state index in [2.05, 4.69) is 0 Å². The van der Waals surface area contributed by atoms with Gasteiger partial charge in [-0.1, -0.05) is 0 Å². The van der Waals surface area contributed by atoms with E-state index in [-0.39, 0.29) is 0 Å². The van der Waals surface area contributed by atoms with E-state index < -0.39 is 116 Å². The van der Waals surface area contributed by atoms with Gasteiger partial charge in [0.05, 0.1) is 13.2 Å². The maximum Gasteiger partial charge on any atom is 0.300 e. The van der Waals surface area contributed by atoms with Crippen molar-refractivity contribution in [2.24, 2.45) is 5.73 Å². The zero-order valence-corrected chi connectivity index (χ0v) is 28.6. The van der Waals surface area contributed by atoms with Gasteiger partial charge in [-0.05, 0) is 0 Å². The molecule has 0 bridgehead atoms. The Morgan fingerprint density at radius 2 is 0.745 bits per heavy atom. The van der Waals surface area contributed by atoms with Crippen LogP contribution in [0.3, 0.4) is 0 Å². The van der Waals surface area contributed by atoms with Gasteiger partial charge in [-0.25, -0.2) is 0 Å². The summed E-state index contributed by atoms with van der Waals surface area (Å²) in [5.41, 5.74) is 5.46. The van der Waals surface area contributed by atoms with Gasteiger partial charge in [0.15, 0.2) is 6.29 Å². The van der Waals surface area contributed by atoms with Crippen LogP contribution in [0.4, 0.5) is 0 Å². The van der Waals surface area contributed by atoms with E-state index >= 15 is 0 Å². The molecule has 2 rings (SSSR count). The fourth-order valence-corrected chi connectivity index (χ4v) is 2.62. The lowest BCUT2D eigenvalue weighted by Crippen LogP contribution is -2.65. The molecule has 10 atom stereocenters. The number of nitrogens with two attached hydrogens (primary N) is 1. The Hall–Kier alpha value is -4.15. The molecule has 0 saturated carbocycles. The van der Waals surface area contributed by atoms with Crippen LogP contribution in [0.15, 0.2) is 0 Å². The van der Waals surface area contributed by atoms with E-state index in [1.165, 1.54) is 0 Å². The predicted molar refractivity (Wildman–Crippen MR) is 164 cm³/mol. The lowest BCUT2D eigenvalue weighted by molar-refractivity contribution is -0.341. The molecule has 0 spiro atoms. The first kappa shape index (κ1) is 59.0. The molecule has 2 saturated heterocycles. The predicted octanol–water partition coefficient (Wildman–Crippen LogP) is -4.79. The van der Waals surface area contributed by atoms with E-state index in [0.717, 1.165) is 48.5 Å². The number of aliphatic hydroxyl groups is 7. The Bertz CT molecular complexity index is 844. The molecule has 2 fully saturated rings. The maximum absolute atomic E-state index is 10.0. The van der Waals surface area contributed by atoms with Crippen LogP contribution >= 0.6 is 0 Å². The molecular weight excluding hydrogens is 710 g/mol. The second kappa shape index (κ2) is 34.3. The van der Waals surface area contributed by atoms with Crippen LogP contribution in [0, 0.1) is 0 Å². The van der Waals surface area contributed by atoms with Crippen molar-refractivity contribution in [3.05, 3.63) is 0 Å². The quantitative estimate of drug-likeness (QED) is 0.128. The third-order valence-electron chi connectivity index (χ3n) is 4.04. The van der Waals surface area contributed by atoms with Crippen LogP contribution in [0.2, 0.25) is 0 Å². The van der Waals surface area contributed by atoms with Crippen LogP contribution in [-0.4, -0.2) is 188 Å². The SMILES string of the molecule is CC(=O)O.CC(=O)O.CC(=O)O.CC(=O)O.CC(=O)O.CC(=O)O.CC(=O)O.N[C@@H]1O[C@H](CO)[C@@H](O[C@H]2O[C@H](CO)[C@@H](O)[C@H](O)[C@H]2O)[C@H](O)[C@H]1O. The van der Waals surface area contributed by atoms with Crippen molar-refractivity contribution in [2.45, 2.75) is 110 Å². The molecule has 2 heterocycles. The molecule has 2 aliphatic heterocycles. The molecule has 304 valence electrons. The van der Waals surface area contributed by atoms with Gasteiger partial charge in [0, 0.05) is 48.5 Å². The minimum absolute atomic E-state index is 0.598. The van der Waals surface area contributed by atoms with Crippen molar-refractivity contribution in [3.8, 4) is 0 Å². The average molecular weight is 762 g/mol. The van der Waals surface area contributed by atoms with Gasteiger partial charge in [0.2, 0.25) is 0 Å². The number of carbonyl (C=O) groups is 7. The number of carboxylic acids is 7. The van der Waals surface area contributed by atoms with Crippen molar-refractivity contribution < 1.29 is 119 Å². The number of hydrogen-bond acceptors (Lipinski definition) is 18. The molecule has 0 radical (unpaired) electrons. The Kier molecular flexibility index (Phi) is 39.7. The zero-order valence-electron chi connectivity index (χ0n) is 28.6. The van der Waals surface area contributed by atoms with Crippen molar-refractivity contribution in [1.82, 2.24) is 0 Å². The molecule has 0 aromatic carbocycles. The standard InChI is InChI=1S/C12H23NO10.7C2H4O2/c13-11-8(19)7(18)10(4(2-15)21-11)23-12-9(20)6(17)5(16)3(1-14)22-12;7*1-2(3)4/h3-12,14-20H,1-2,13H2;7*1H3,(H,3,4)/t3-,4-,5-,6+,7-,8-,9-,10-,11-,12-;;;;;;;/m1......./s1. The van der Waals surface area contributed by atoms with Gasteiger partial charge < -0.3 is 91.4 Å². The summed E-state index contributed by atoms with van der Waals surface area (Å²) in [6.45, 7) is 6.34. The zero-order chi connectivity index (χ0) is 42.4. The fourth-order valence-electron chi connectivity index (χ4n) is 2.62.